The average molecular weight is 419 g/mol. The molecule has 0 fully saturated rings. The second-order valence-corrected chi connectivity index (χ2v) is 7.76. The number of imidazole rings is 1. The van der Waals surface area contributed by atoms with E-state index in [1.807, 2.05) is 24.3 Å². The van der Waals surface area contributed by atoms with E-state index in [0.717, 1.165) is 19.5 Å². The Morgan fingerprint density at radius 1 is 1.21 bits per heavy atom. The van der Waals surface area contributed by atoms with E-state index in [-0.39, 0.29) is 24.3 Å². The number of benzene rings is 1. The van der Waals surface area contributed by atoms with Crippen molar-refractivity contribution in [2.45, 2.75) is 13.2 Å². The van der Waals surface area contributed by atoms with Crippen LogP contribution in [-0.4, -0.2) is 24.7 Å². The number of fused-ring (bicyclic) bond motifs is 2. The second-order valence-electron chi connectivity index (χ2n) is 6.25. The van der Waals surface area contributed by atoms with Crippen molar-refractivity contribution < 1.29 is 9.53 Å². The molecule has 0 atom stereocenters. The molecule has 3 aromatic heterocycles. The third kappa shape index (κ3) is 2.92. The molecule has 8 nitrogen and oxygen atoms in total. The highest BCUT2D eigenvalue weighted by Gasteiger charge is 2.17. The maximum Gasteiger partial charge on any atom is 0.332 e. The lowest BCUT2D eigenvalue weighted by Crippen LogP contribution is -2.37. The van der Waals surface area contributed by atoms with Crippen LogP contribution in [0.25, 0.3) is 21.3 Å². The van der Waals surface area contributed by atoms with Gasteiger partial charge in [-0.1, -0.05) is 29.8 Å². The van der Waals surface area contributed by atoms with Gasteiger partial charge < -0.3 is 9.30 Å². The molecule has 28 heavy (non-hydrogen) atoms. The van der Waals surface area contributed by atoms with Crippen LogP contribution >= 0.6 is 22.9 Å². The molecule has 0 amide bonds. The van der Waals surface area contributed by atoms with Gasteiger partial charge >= 0.3 is 11.7 Å². The normalized spacial score (nSPS) is 11.4. The maximum absolute atomic E-state index is 12.4. The largest absolute Gasteiger partial charge is 0.459 e. The van der Waals surface area contributed by atoms with Gasteiger partial charge in [0.2, 0.25) is 0 Å². The summed E-state index contributed by atoms with van der Waals surface area (Å²) < 4.78 is 9.98. The summed E-state index contributed by atoms with van der Waals surface area (Å²) in [4.78, 5) is 41.5. The van der Waals surface area contributed by atoms with E-state index in [9.17, 15) is 14.4 Å². The number of thiophene rings is 1. The number of rotatable bonds is 4. The summed E-state index contributed by atoms with van der Waals surface area (Å²) in [5.74, 6) is -0.538. The first-order chi connectivity index (χ1) is 13.4. The van der Waals surface area contributed by atoms with Crippen molar-refractivity contribution >= 4 is 50.2 Å². The fourth-order valence-electron chi connectivity index (χ4n) is 3.01. The van der Waals surface area contributed by atoms with Crippen LogP contribution in [0.5, 0.6) is 0 Å². The first-order valence-electron chi connectivity index (χ1n) is 8.31. The molecule has 0 spiro atoms. The molecule has 4 aromatic rings. The van der Waals surface area contributed by atoms with E-state index in [1.165, 1.54) is 40.9 Å². The second kappa shape index (κ2) is 6.92. The van der Waals surface area contributed by atoms with Gasteiger partial charge in [-0.05, 0) is 6.07 Å². The molecule has 0 saturated heterocycles. The molecular formula is C18H15ClN4O4S. The summed E-state index contributed by atoms with van der Waals surface area (Å²) in [5, 5.41) is 1.50. The van der Waals surface area contributed by atoms with Crippen LogP contribution in [0.4, 0.5) is 0 Å². The van der Waals surface area contributed by atoms with Crippen molar-refractivity contribution in [1.82, 2.24) is 18.7 Å². The van der Waals surface area contributed by atoms with Crippen LogP contribution in [0, 0.1) is 0 Å². The Morgan fingerprint density at radius 2 is 1.96 bits per heavy atom. The summed E-state index contributed by atoms with van der Waals surface area (Å²) in [7, 11) is 2.90. The summed E-state index contributed by atoms with van der Waals surface area (Å²) in [5.41, 5.74) is -0.615. The van der Waals surface area contributed by atoms with E-state index in [4.69, 9.17) is 16.3 Å². The zero-order chi connectivity index (χ0) is 20.0. The molecule has 0 unspecified atom stereocenters. The minimum Gasteiger partial charge on any atom is -0.459 e. The van der Waals surface area contributed by atoms with Gasteiger partial charge in [0, 0.05) is 24.2 Å². The summed E-state index contributed by atoms with van der Waals surface area (Å²) in [6.07, 6.45) is 1.35. The molecule has 0 radical (unpaired) electrons. The lowest BCUT2D eigenvalue weighted by Gasteiger charge is -2.07. The number of ether oxygens (including phenoxy) is 1. The van der Waals surface area contributed by atoms with Gasteiger partial charge in [-0.3, -0.25) is 18.7 Å². The Labute approximate surface area is 167 Å². The van der Waals surface area contributed by atoms with Crippen LogP contribution in [0.1, 0.15) is 4.88 Å². The Morgan fingerprint density at radius 3 is 2.71 bits per heavy atom. The quantitative estimate of drug-likeness (QED) is 0.473. The Kier molecular flexibility index (Phi) is 4.56. The standard InChI is InChI=1S/C18H15ClN4O4S/c1-21-16-15(17(25)22(2)18(21)26)23(9-20-16)7-13(24)27-8-12-14(19)10-5-3-4-6-11(10)28-12/h3-6,9H,7-8H2,1-2H3. The molecule has 1 aromatic carbocycles. The first kappa shape index (κ1) is 18.5. The van der Waals surface area contributed by atoms with E-state index in [2.05, 4.69) is 4.98 Å². The molecule has 0 aliphatic rings. The average Bonchev–Trinajstić information content (AvgIpc) is 3.25. The number of esters is 1. The number of aromatic nitrogens is 4. The van der Waals surface area contributed by atoms with E-state index >= 15 is 0 Å². The number of hydrogen-bond donors (Lipinski definition) is 0. The van der Waals surface area contributed by atoms with Crippen LogP contribution in [0.15, 0.2) is 40.2 Å². The third-order valence-electron chi connectivity index (χ3n) is 4.48. The molecule has 0 N–H and O–H groups in total. The topological polar surface area (TPSA) is 88.1 Å². The predicted molar refractivity (Wildman–Crippen MR) is 107 cm³/mol. The Hall–Kier alpha value is -2.91. The van der Waals surface area contributed by atoms with Crippen molar-refractivity contribution in [2.24, 2.45) is 14.1 Å². The van der Waals surface area contributed by atoms with Gasteiger partial charge in [-0.25, -0.2) is 9.78 Å². The molecule has 0 saturated carbocycles. The minimum atomic E-state index is -0.538. The molecule has 0 aliphatic carbocycles. The number of aryl methyl sites for hydroxylation is 1. The highest BCUT2D eigenvalue weighted by Crippen LogP contribution is 2.35. The van der Waals surface area contributed by atoms with E-state index in [0.29, 0.717) is 5.02 Å². The summed E-state index contributed by atoms with van der Waals surface area (Å²) in [6, 6.07) is 7.68. The fourth-order valence-corrected chi connectivity index (χ4v) is 4.41. The van der Waals surface area contributed by atoms with Gasteiger partial charge in [0.1, 0.15) is 13.2 Å². The zero-order valence-electron chi connectivity index (χ0n) is 15.0. The summed E-state index contributed by atoms with van der Waals surface area (Å²) >= 11 is 7.82. The molecule has 3 heterocycles. The Balaban J connectivity index is 1.57. The van der Waals surface area contributed by atoms with E-state index in [1.54, 1.807) is 0 Å². The smallest absolute Gasteiger partial charge is 0.332 e. The number of carbonyl (C=O) groups is 1. The van der Waals surface area contributed by atoms with Crippen molar-refractivity contribution in [3.63, 3.8) is 0 Å². The molecular weight excluding hydrogens is 404 g/mol. The van der Waals surface area contributed by atoms with E-state index < -0.39 is 17.2 Å². The highest BCUT2D eigenvalue weighted by molar-refractivity contribution is 7.19. The molecule has 0 bridgehead atoms. The van der Waals surface area contributed by atoms with Crippen LogP contribution < -0.4 is 11.2 Å². The van der Waals surface area contributed by atoms with Crippen molar-refractivity contribution in [3.05, 3.63) is 61.3 Å². The molecule has 10 heteroatoms. The lowest BCUT2D eigenvalue weighted by molar-refractivity contribution is -0.145. The number of nitrogens with zero attached hydrogens (tertiary/aromatic N) is 4. The predicted octanol–water partition coefficient (Wildman–Crippen LogP) is 2.05. The fraction of sp³-hybridized carbons (Fsp3) is 0.222. The molecule has 144 valence electrons. The van der Waals surface area contributed by atoms with Crippen LogP contribution in [-0.2, 0) is 36.8 Å². The van der Waals surface area contributed by atoms with Gasteiger partial charge in [0.25, 0.3) is 5.56 Å². The summed E-state index contributed by atoms with van der Waals surface area (Å²) in [6.45, 7) is -0.160. The van der Waals surface area contributed by atoms with Crippen molar-refractivity contribution in [2.75, 3.05) is 0 Å². The monoisotopic (exact) mass is 418 g/mol. The number of hydrogen-bond acceptors (Lipinski definition) is 6. The van der Waals surface area contributed by atoms with Gasteiger partial charge in [-0.15, -0.1) is 11.3 Å². The molecule has 4 rings (SSSR count). The highest BCUT2D eigenvalue weighted by atomic mass is 35.5. The van der Waals surface area contributed by atoms with Gasteiger partial charge in [0.15, 0.2) is 11.2 Å². The van der Waals surface area contributed by atoms with Crippen molar-refractivity contribution in [3.8, 4) is 0 Å². The number of halogens is 1. The van der Waals surface area contributed by atoms with Crippen LogP contribution in [0.3, 0.4) is 0 Å². The third-order valence-corrected chi connectivity index (χ3v) is 6.17. The van der Waals surface area contributed by atoms with Crippen molar-refractivity contribution in [1.29, 1.82) is 0 Å². The Bertz CT molecular complexity index is 1350. The minimum absolute atomic E-state index is 0.0418. The zero-order valence-corrected chi connectivity index (χ0v) is 16.6. The lowest BCUT2D eigenvalue weighted by atomic mass is 10.2. The first-order valence-corrected chi connectivity index (χ1v) is 9.50. The maximum atomic E-state index is 12.4. The molecule has 0 aliphatic heterocycles. The van der Waals surface area contributed by atoms with Gasteiger partial charge in [0.05, 0.1) is 16.2 Å². The SMILES string of the molecule is Cn1c(=O)c2c(ncn2CC(=O)OCc2sc3ccccc3c2Cl)n(C)c1=O. The number of carbonyl (C=O) groups excluding carboxylic acids is 1. The van der Waals surface area contributed by atoms with Gasteiger partial charge in [-0.2, -0.15) is 0 Å². The van der Waals surface area contributed by atoms with Crippen LogP contribution in [0.2, 0.25) is 5.02 Å².